The van der Waals surface area contributed by atoms with E-state index in [9.17, 15) is 0 Å². The van der Waals surface area contributed by atoms with Gasteiger partial charge < -0.3 is 10.6 Å². The number of rotatable bonds is 6. The van der Waals surface area contributed by atoms with Crippen molar-refractivity contribution in [1.82, 2.24) is 20.5 Å². The second kappa shape index (κ2) is 9.14. The molecule has 2 aromatic rings. The fourth-order valence-electron chi connectivity index (χ4n) is 4.13. The zero-order valence-electron chi connectivity index (χ0n) is 17.1. The molecule has 0 atom stereocenters. The molecule has 2 heterocycles. The summed E-state index contributed by atoms with van der Waals surface area (Å²) in [4.78, 5) is 11.4. The highest BCUT2D eigenvalue weighted by molar-refractivity contribution is 6.30. The molecule has 0 unspecified atom stereocenters. The molecule has 0 amide bonds. The van der Waals surface area contributed by atoms with Crippen LogP contribution in [0.4, 0.5) is 0 Å². The van der Waals surface area contributed by atoms with Crippen molar-refractivity contribution in [2.75, 3.05) is 26.7 Å². The van der Waals surface area contributed by atoms with Gasteiger partial charge in [0.05, 0.1) is 5.69 Å². The van der Waals surface area contributed by atoms with Crippen molar-refractivity contribution in [2.24, 2.45) is 4.99 Å². The number of guanidine groups is 1. The van der Waals surface area contributed by atoms with Crippen LogP contribution in [0, 0.1) is 0 Å². The number of nitrogens with zero attached hydrogens (tertiary/aromatic N) is 3. The van der Waals surface area contributed by atoms with Gasteiger partial charge >= 0.3 is 0 Å². The number of halogens is 1. The maximum atomic E-state index is 6.20. The molecule has 5 nitrogen and oxygen atoms in total. The number of hydrogen-bond acceptors (Lipinski definition) is 3. The molecule has 154 valence electrons. The number of piperidine rings is 1. The fraction of sp³-hybridized carbons (Fsp3) is 0.478. The third kappa shape index (κ3) is 5.28. The van der Waals surface area contributed by atoms with Crippen LogP contribution in [-0.4, -0.2) is 48.6 Å². The minimum absolute atomic E-state index is 0.203. The molecule has 29 heavy (non-hydrogen) atoms. The summed E-state index contributed by atoms with van der Waals surface area (Å²) < 4.78 is 0. The van der Waals surface area contributed by atoms with Crippen molar-refractivity contribution in [3.8, 4) is 0 Å². The van der Waals surface area contributed by atoms with E-state index >= 15 is 0 Å². The minimum atomic E-state index is 0.203. The zero-order chi connectivity index (χ0) is 20.1. The normalized spacial score (nSPS) is 19.7. The van der Waals surface area contributed by atoms with Gasteiger partial charge in [0.1, 0.15) is 0 Å². The van der Waals surface area contributed by atoms with Crippen molar-refractivity contribution in [3.05, 3.63) is 64.9 Å². The van der Waals surface area contributed by atoms with Crippen molar-refractivity contribution >= 4 is 17.6 Å². The fourth-order valence-corrected chi connectivity index (χ4v) is 4.32. The summed E-state index contributed by atoms with van der Waals surface area (Å²) in [6.45, 7) is 3.99. The van der Waals surface area contributed by atoms with E-state index in [-0.39, 0.29) is 5.41 Å². The average molecular weight is 412 g/mol. The van der Waals surface area contributed by atoms with E-state index in [2.05, 4.69) is 49.8 Å². The molecular weight excluding hydrogens is 382 g/mol. The second-order valence-electron chi connectivity index (χ2n) is 8.23. The lowest BCUT2D eigenvalue weighted by Gasteiger charge is -2.33. The topological polar surface area (TPSA) is 52.6 Å². The first kappa shape index (κ1) is 20.2. The molecular formula is C23H30ClN5. The van der Waals surface area contributed by atoms with Crippen molar-refractivity contribution in [1.29, 1.82) is 0 Å². The number of benzene rings is 1. The Bertz CT molecular complexity index is 826. The molecule has 0 radical (unpaired) electrons. The first-order valence-electron chi connectivity index (χ1n) is 10.5. The first-order chi connectivity index (χ1) is 14.2. The lowest BCUT2D eigenvalue weighted by atomic mass is 9.96. The van der Waals surface area contributed by atoms with Crippen LogP contribution in [0.1, 0.15) is 36.9 Å². The summed E-state index contributed by atoms with van der Waals surface area (Å²) >= 11 is 6.20. The monoisotopic (exact) mass is 411 g/mol. The van der Waals surface area contributed by atoms with Crippen molar-refractivity contribution in [2.45, 2.75) is 43.7 Å². The number of aliphatic imine (C=N–C) groups is 1. The van der Waals surface area contributed by atoms with Gasteiger partial charge in [-0.25, -0.2) is 0 Å². The third-order valence-electron chi connectivity index (χ3n) is 6.15. The van der Waals surface area contributed by atoms with E-state index in [0.29, 0.717) is 6.04 Å². The predicted octanol–water partition coefficient (Wildman–Crippen LogP) is 3.60. The van der Waals surface area contributed by atoms with Gasteiger partial charge in [0.15, 0.2) is 5.96 Å². The Kier molecular flexibility index (Phi) is 6.36. The van der Waals surface area contributed by atoms with Gasteiger partial charge in [-0.05, 0) is 55.5 Å². The lowest BCUT2D eigenvalue weighted by molar-refractivity contribution is 0.196. The maximum absolute atomic E-state index is 6.20. The maximum Gasteiger partial charge on any atom is 0.191 e. The van der Waals surface area contributed by atoms with E-state index in [1.165, 1.54) is 18.4 Å². The average Bonchev–Trinajstić information content (AvgIpc) is 3.54. The van der Waals surface area contributed by atoms with Gasteiger partial charge in [0.2, 0.25) is 0 Å². The number of nitrogens with one attached hydrogen (secondary N) is 2. The molecule has 2 N–H and O–H groups in total. The smallest absolute Gasteiger partial charge is 0.191 e. The van der Waals surface area contributed by atoms with Gasteiger partial charge in [-0.3, -0.25) is 14.9 Å². The summed E-state index contributed by atoms with van der Waals surface area (Å²) in [5.41, 5.74) is 2.68. The van der Waals surface area contributed by atoms with Crippen LogP contribution in [0.3, 0.4) is 0 Å². The van der Waals surface area contributed by atoms with Gasteiger partial charge in [-0.15, -0.1) is 0 Å². The zero-order valence-corrected chi connectivity index (χ0v) is 17.8. The Morgan fingerprint density at radius 3 is 2.69 bits per heavy atom. The van der Waals surface area contributed by atoms with Crippen LogP contribution in [0.15, 0.2) is 53.7 Å². The van der Waals surface area contributed by atoms with E-state index in [0.717, 1.165) is 55.7 Å². The van der Waals surface area contributed by atoms with Crippen LogP contribution in [0.5, 0.6) is 0 Å². The van der Waals surface area contributed by atoms with E-state index in [1.54, 1.807) is 0 Å². The van der Waals surface area contributed by atoms with Gasteiger partial charge in [0.25, 0.3) is 0 Å². The Hall–Kier alpha value is -2.11. The van der Waals surface area contributed by atoms with Crippen LogP contribution in [0.25, 0.3) is 0 Å². The van der Waals surface area contributed by atoms with E-state index in [1.807, 2.05) is 31.4 Å². The quantitative estimate of drug-likeness (QED) is 0.563. The SMILES string of the molecule is CN=C(NCC1(c2cccc(Cl)c2)CC1)NC1CCN(Cc2ccccn2)CC1. The lowest BCUT2D eigenvalue weighted by Crippen LogP contribution is -2.49. The number of pyridine rings is 1. The highest BCUT2D eigenvalue weighted by Crippen LogP contribution is 2.48. The van der Waals surface area contributed by atoms with E-state index < -0.39 is 0 Å². The molecule has 1 aliphatic carbocycles. The third-order valence-corrected chi connectivity index (χ3v) is 6.38. The van der Waals surface area contributed by atoms with Crippen LogP contribution in [0.2, 0.25) is 5.02 Å². The predicted molar refractivity (Wildman–Crippen MR) is 119 cm³/mol. The Morgan fingerprint density at radius 2 is 2.03 bits per heavy atom. The van der Waals surface area contributed by atoms with Crippen molar-refractivity contribution < 1.29 is 0 Å². The summed E-state index contributed by atoms with van der Waals surface area (Å²) in [6, 6.07) is 14.9. The molecule has 0 spiro atoms. The standard InChI is InChI=1S/C23H30ClN5/c1-25-22(27-17-23(10-11-23)18-5-4-6-19(24)15-18)28-20-8-13-29(14-9-20)16-21-7-2-3-12-26-21/h2-7,12,15,20H,8-11,13-14,16-17H2,1H3,(H2,25,27,28). The van der Waals surface area contributed by atoms with Gasteiger partial charge in [0, 0.05) is 55.9 Å². The largest absolute Gasteiger partial charge is 0.356 e. The highest BCUT2D eigenvalue weighted by atomic mass is 35.5. The molecule has 6 heteroatoms. The Labute approximate surface area is 178 Å². The van der Waals surface area contributed by atoms with Crippen LogP contribution in [-0.2, 0) is 12.0 Å². The van der Waals surface area contributed by atoms with Gasteiger partial charge in [-0.2, -0.15) is 0 Å². The van der Waals surface area contributed by atoms with Gasteiger partial charge in [-0.1, -0.05) is 29.8 Å². The Balaban J connectivity index is 1.24. The molecule has 1 saturated carbocycles. The summed E-state index contributed by atoms with van der Waals surface area (Å²) in [5, 5.41) is 8.00. The second-order valence-corrected chi connectivity index (χ2v) is 8.67. The molecule has 2 fully saturated rings. The van der Waals surface area contributed by atoms with Crippen LogP contribution < -0.4 is 10.6 Å². The molecule has 1 aromatic heterocycles. The Morgan fingerprint density at radius 1 is 1.21 bits per heavy atom. The molecule has 1 aromatic carbocycles. The minimum Gasteiger partial charge on any atom is -0.356 e. The molecule has 4 rings (SSSR count). The van der Waals surface area contributed by atoms with Crippen LogP contribution >= 0.6 is 11.6 Å². The summed E-state index contributed by atoms with van der Waals surface area (Å²) in [7, 11) is 1.85. The molecule has 0 bridgehead atoms. The molecule has 1 saturated heterocycles. The number of aromatic nitrogens is 1. The molecule has 1 aliphatic heterocycles. The first-order valence-corrected chi connectivity index (χ1v) is 10.9. The summed E-state index contributed by atoms with van der Waals surface area (Å²) in [6.07, 6.45) is 6.50. The van der Waals surface area contributed by atoms with E-state index in [4.69, 9.17) is 11.6 Å². The molecule has 2 aliphatic rings. The highest BCUT2D eigenvalue weighted by Gasteiger charge is 2.44. The summed E-state index contributed by atoms with van der Waals surface area (Å²) in [5.74, 6) is 0.904. The van der Waals surface area contributed by atoms with Crippen molar-refractivity contribution in [3.63, 3.8) is 0 Å². The number of hydrogen-bond donors (Lipinski definition) is 2. The number of likely N-dealkylation sites (tertiary alicyclic amines) is 1.